The number of hydrogen-bond acceptors (Lipinski definition) is 4. The number of unbranched alkanes of at least 4 members (excludes halogenated alkanes) is 31. The molecule has 0 rings (SSSR count). The van der Waals surface area contributed by atoms with Gasteiger partial charge in [-0.25, -0.2) is 0 Å². The zero-order valence-corrected chi connectivity index (χ0v) is 35.7. The Morgan fingerprint density at radius 1 is 0.453 bits per heavy atom. The Morgan fingerprint density at radius 2 is 0.774 bits per heavy atom. The van der Waals surface area contributed by atoms with E-state index in [0.29, 0.717) is 12.8 Å². The van der Waals surface area contributed by atoms with Crippen LogP contribution in [0.1, 0.15) is 251 Å². The summed E-state index contributed by atoms with van der Waals surface area (Å²) in [5.74, 6) is -0.155. The minimum absolute atomic E-state index is 0.155. The molecule has 3 atom stereocenters. The van der Waals surface area contributed by atoms with E-state index in [0.717, 1.165) is 44.9 Å². The minimum Gasteiger partial charge on any atom is -0.394 e. The molecular weight excluding hydrogens is 655 g/mol. The van der Waals surface area contributed by atoms with Crippen LogP contribution in [0.3, 0.4) is 0 Å². The van der Waals surface area contributed by atoms with Crippen LogP contribution in [0.5, 0.6) is 0 Å². The van der Waals surface area contributed by atoms with Gasteiger partial charge < -0.3 is 20.6 Å². The van der Waals surface area contributed by atoms with Crippen molar-refractivity contribution in [3.63, 3.8) is 0 Å². The zero-order valence-electron chi connectivity index (χ0n) is 35.7. The summed E-state index contributed by atoms with van der Waals surface area (Å²) in [7, 11) is 0. The molecule has 0 bridgehead atoms. The van der Waals surface area contributed by atoms with Gasteiger partial charge in [-0.1, -0.05) is 218 Å². The summed E-state index contributed by atoms with van der Waals surface area (Å²) in [6.07, 6.45) is 53.0. The van der Waals surface area contributed by atoms with E-state index >= 15 is 0 Å². The van der Waals surface area contributed by atoms with Gasteiger partial charge in [0.25, 0.3) is 0 Å². The Morgan fingerprint density at radius 3 is 1.15 bits per heavy atom. The average molecular weight is 748 g/mol. The summed E-state index contributed by atoms with van der Waals surface area (Å²) < 4.78 is 0. The number of aliphatic hydroxyl groups excluding tert-OH is 3. The fourth-order valence-electron chi connectivity index (χ4n) is 7.36. The molecule has 1 amide bonds. The Bertz CT molecular complexity index is 784. The molecule has 0 aliphatic heterocycles. The third-order valence-electron chi connectivity index (χ3n) is 11.0. The molecule has 5 nitrogen and oxygen atoms in total. The fourth-order valence-corrected chi connectivity index (χ4v) is 7.36. The van der Waals surface area contributed by atoms with Crippen molar-refractivity contribution in [2.45, 2.75) is 270 Å². The van der Waals surface area contributed by atoms with Crippen LogP contribution in [0.25, 0.3) is 0 Å². The molecule has 0 heterocycles. The highest BCUT2D eigenvalue weighted by atomic mass is 16.3. The van der Waals surface area contributed by atoms with E-state index in [2.05, 4.69) is 43.5 Å². The molecule has 0 aromatic carbocycles. The zero-order chi connectivity index (χ0) is 38.7. The summed E-state index contributed by atoms with van der Waals surface area (Å²) in [5.41, 5.74) is 0. The second kappa shape index (κ2) is 43.6. The molecule has 314 valence electrons. The van der Waals surface area contributed by atoms with E-state index < -0.39 is 18.2 Å². The van der Waals surface area contributed by atoms with E-state index in [9.17, 15) is 20.1 Å². The lowest BCUT2D eigenvalue weighted by Gasteiger charge is -2.26. The van der Waals surface area contributed by atoms with Crippen LogP contribution in [0.15, 0.2) is 24.3 Å². The van der Waals surface area contributed by atoms with Gasteiger partial charge in [0.05, 0.1) is 18.8 Å². The smallest absolute Gasteiger partial charge is 0.220 e. The largest absolute Gasteiger partial charge is 0.394 e. The minimum atomic E-state index is -1.16. The SMILES string of the molecule is CCCCCCCCCCCCC/C=C/CC/C=C/CCCC(O)C(O)C(CO)NC(=O)CCCCCCCCCCCCCCCCCCCCC. The van der Waals surface area contributed by atoms with Gasteiger partial charge in [0.15, 0.2) is 0 Å². The van der Waals surface area contributed by atoms with E-state index in [1.54, 1.807) is 0 Å². The van der Waals surface area contributed by atoms with Gasteiger partial charge in [0, 0.05) is 6.42 Å². The molecule has 0 spiro atoms. The van der Waals surface area contributed by atoms with Gasteiger partial charge in [0.1, 0.15) is 6.10 Å². The highest BCUT2D eigenvalue weighted by Gasteiger charge is 2.26. The van der Waals surface area contributed by atoms with Gasteiger partial charge in [0.2, 0.25) is 5.91 Å². The van der Waals surface area contributed by atoms with Crippen LogP contribution in [0.2, 0.25) is 0 Å². The highest BCUT2D eigenvalue weighted by molar-refractivity contribution is 5.76. The van der Waals surface area contributed by atoms with Crippen LogP contribution in [0.4, 0.5) is 0 Å². The summed E-state index contributed by atoms with van der Waals surface area (Å²) in [6, 6.07) is -0.828. The van der Waals surface area contributed by atoms with Gasteiger partial charge in [-0.2, -0.15) is 0 Å². The summed E-state index contributed by atoms with van der Waals surface area (Å²) in [4.78, 5) is 12.4. The molecule has 3 unspecified atom stereocenters. The fraction of sp³-hybridized carbons (Fsp3) is 0.896. The predicted octanol–water partition coefficient (Wildman–Crippen LogP) is 13.8. The Balaban J connectivity index is 3.65. The van der Waals surface area contributed by atoms with Crippen molar-refractivity contribution in [3.8, 4) is 0 Å². The van der Waals surface area contributed by atoms with Crippen molar-refractivity contribution in [3.05, 3.63) is 24.3 Å². The quantitative estimate of drug-likeness (QED) is 0.0369. The maximum absolute atomic E-state index is 12.4. The number of hydrogen-bond donors (Lipinski definition) is 4. The number of aliphatic hydroxyl groups is 3. The third-order valence-corrected chi connectivity index (χ3v) is 11.0. The highest BCUT2D eigenvalue weighted by Crippen LogP contribution is 2.16. The Hall–Kier alpha value is -1.17. The van der Waals surface area contributed by atoms with Gasteiger partial charge >= 0.3 is 0 Å². The summed E-state index contributed by atoms with van der Waals surface area (Å²) in [5, 5.41) is 33.6. The molecule has 0 aliphatic rings. The first-order chi connectivity index (χ1) is 26.1. The Kier molecular flexibility index (Phi) is 42.6. The van der Waals surface area contributed by atoms with E-state index in [-0.39, 0.29) is 12.5 Å². The molecule has 0 fully saturated rings. The number of amides is 1. The molecule has 0 saturated carbocycles. The molecule has 0 radical (unpaired) electrons. The van der Waals surface area contributed by atoms with Crippen molar-refractivity contribution in [1.29, 1.82) is 0 Å². The van der Waals surface area contributed by atoms with Crippen molar-refractivity contribution in [1.82, 2.24) is 5.32 Å². The van der Waals surface area contributed by atoms with Gasteiger partial charge in [-0.3, -0.25) is 4.79 Å². The lowest BCUT2D eigenvalue weighted by molar-refractivity contribution is -0.124. The second-order valence-corrected chi connectivity index (χ2v) is 16.3. The van der Waals surface area contributed by atoms with Crippen molar-refractivity contribution >= 4 is 5.91 Å². The first kappa shape index (κ1) is 51.8. The molecular formula is C48H93NO4. The predicted molar refractivity (Wildman–Crippen MR) is 231 cm³/mol. The average Bonchev–Trinajstić information content (AvgIpc) is 3.16. The van der Waals surface area contributed by atoms with Crippen LogP contribution in [0, 0.1) is 0 Å². The van der Waals surface area contributed by atoms with Crippen LogP contribution >= 0.6 is 0 Å². The lowest BCUT2D eigenvalue weighted by Crippen LogP contribution is -2.50. The monoisotopic (exact) mass is 748 g/mol. The van der Waals surface area contributed by atoms with Crippen molar-refractivity contribution < 1.29 is 20.1 Å². The normalized spacial score (nSPS) is 13.7. The molecule has 4 N–H and O–H groups in total. The Labute approximate surface area is 331 Å². The maximum atomic E-state index is 12.4. The second-order valence-electron chi connectivity index (χ2n) is 16.3. The first-order valence-electron chi connectivity index (χ1n) is 23.6. The third kappa shape index (κ3) is 38.9. The van der Waals surface area contributed by atoms with E-state index in [4.69, 9.17) is 0 Å². The molecule has 0 aromatic heterocycles. The van der Waals surface area contributed by atoms with E-state index in [1.807, 2.05) is 0 Å². The number of nitrogens with one attached hydrogen (secondary N) is 1. The van der Waals surface area contributed by atoms with E-state index in [1.165, 1.54) is 180 Å². The summed E-state index contributed by atoms with van der Waals surface area (Å²) >= 11 is 0. The molecule has 0 saturated heterocycles. The summed E-state index contributed by atoms with van der Waals surface area (Å²) in [6.45, 7) is 4.18. The number of carbonyl (C=O) groups is 1. The molecule has 0 aliphatic carbocycles. The lowest BCUT2D eigenvalue weighted by atomic mass is 10.0. The first-order valence-corrected chi connectivity index (χ1v) is 23.6. The molecule has 5 heteroatoms. The maximum Gasteiger partial charge on any atom is 0.220 e. The van der Waals surface area contributed by atoms with Crippen molar-refractivity contribution in [2.75, 3.05) is 6.61 Å². The van der Waals surface area contributed by atoms with Gasteiger partial charge in [-0.15, -0.1) is 0 Å². The van der Waals surface area contributed by atoms with Gasteiger partial charge in [-0.05, 0) is 51.4 Å². The number of carbonyl (C=O) groups excluding carboxylic acids is 1. The standard InChI is InChI=1S/C48H93NO4/c1-3-5-7-9-11-13-15-17-19-21-23-25-26-28-30-32-34-36-38-40-42-46(51)48(53)45(44-50)49-47(52)43-41-39-37-35-33-31-29-27-24-22-20-18-16-14-12-10-8-6-4-2/h26,28,34,36,45-46,48,50-51,53H,3-25,27,29-33,35,37-44H2,1-2H3,(H,49,52)/b28-26+,36-34+. The number of allylic oxidation sites excluding steroid dienone is 4. The molecule has 53 heavy (non-hydrogen) atoms. The molecule has 0 aromatic rings. The number of rotatable bonds is 43. The van der Waals surface area contributed by atoms with Crippen LogP contribution in [-0.2, 0) is 4.79 Å². The van der Waals surface area contributed by atoms with Crippen LogP contribution in [-0.4, -0.2) is 46.1 Å². The topological polar surface area (TPSA) is 89.8 Å². The van der Waals surface area contributed by atoms with Crippen molar-refractivity contribution in [2.24, 2.45) is 0 Å². The van der Waals surface area contributed by atoms with Crippen LogP contribution < -0.4 is 5.32 Å².